The van der Waals surface area contributed by atoms with E-state index in [1.54, 1.807) is 30.3 Å². The van der Waals surface area contributed by atoms with Gasteiger partial charge in [-0.2, -0.15) is 0 Å². The Morgan fingerprint density at radius 1 is 0.833 bits per heavy atom. The Kier molecular flexibility index (Phi) is 21.0. The van der Waals surface area contributed by atoms with Gasteiger partial charge < -0.3 is 74.3 Å². The molecule has 5 rings (SSSR count). The molecule has 0 unspecified atom stereocenters. The molecule has 388 valence electrons. The van der Waals surface area contributed by atoms with E-state index in [4.69, 9.17) is 22.3 Å². The van der Waals surface area contributed by atoms with E-state index in [1.165, 1.54) is 41.7 Å². The maximum Gasteiger partial charge on any atom is 0.326 e. The van der Waals surface area contributed by atoms with Gasteiger partial charge in [-0.3, -0.25) is 43.3 Å². The summed E-state index contributed by atoms with van der Waals surface area (Å²) in [6.45, 7) is 0.177. The molecular formula is C45H59N13O12S2. The first-order valence-corrected chi connectivity index (χ1v) is 25.3. The van der Waals surface area contributed by atoms with Crippen LogP contribution in [0.3, 0.4) is 0 Å². The quantitative estimate of drug-likeness (QED) is 0.0212. The van der Waals surface area contributed by atoms with E-state index in [0.717, 1.165) is 21.6 Å². The van der Waals surface area contributed by atoms with E-state index in [0.29, 0.717) is 23.2 Å². The molecule has 0 aliphatic carbocycles. The number of likely N-dealkylation sites (tertiary alicyclic amines) is 1. The van der Waals surface area contributed by atoms with Crippen LogP contribution >= 0.6 is 21.6 Å². The Labute approximate surface area is 420 Å². The van der Waals surface area contributed by atoms with Gasteiger partial charge in [-0.05, 0) is 48.9 Å². The van der Waals surface area contributed by atoms with Crippen molar-refractivity contribution in [2.45, 2.75) is 99.7 Å². The minimum absolute atomic E-state index is 0.00464. The number of aromatic nitrogens is 2. The molecule has 0 bridgehead atoms. The lowest BCUT2D eigenvalue weighted by molar-refractivity contribution is -0.145. The molecule has 25 nitrogen and oxygen atoms in total. The second-order valence-electron chi connectivity index (χ2n) is 17.0. The number of phenolic OH excluding ortho intramolecular Hbond substituents is 1. The molecule has 3 heterocycles. The number of carboxylic acid groups (broad SMARTS) is 2. The second-order valence-corrected chi connectivity index (χ2v) is 19.5. The molecule has 27 heteroatoms. The number of phenols is 1. The molecule has 0 saturated carbocycles. The number of nitrogens with two attached hydrogens (primary N) is 3. The number of H-pyrrole nitrogens is 1. The van der Waals surface area contributed by atoms with Crippen LogP contribution in [0.25, 0.3) is 0 Å². The molecule has 2 aliphatic heterocycles. The van der Waals surface area contributed by atoms with Crippen molar-refractivity contribution < 1.29 is 58.5 Å². The third-order valence-electron chi connectivity index (χ3n) is 11.5. The highest BCUT2D eigenvalue weighted by Crippen LogP contribution is 2.25. The summed E-state index contributed by atoms with van der Waals surface area (Å²) in [5, 5.41) is 44.8. The molecule has 8 atom stereocenters. The summed E-state index contributed by atoms with van der Waals surface area (Å²) >= 11 is 0. The number of aliphatic imine (C=N–C) groups is 1. The van der Waals surface area contributed by atoms with Crippen LogP contribution in [0.5, 0.6) is 5.75 Å². The maximum absolute atomic E-state index is 14.5. The van der Waals surface area contributed by atoms with Gasteiger partial charge in [0.15, 0.2) is 5.96 Å². The summed E-state index contributed by atoms with van der Waals surface area (Å²) in [4.78, 5) is 133. The molecule has 3 aromatic rings. The van der Waals surface area contributed by atoms with E-state index in [2.05, 4.69) is 46.9 Å². The van der Waals surface area contributed by atoms with Crippen LogP contribution in [0.4, 0.5) is 0 Å². The molecule has 2 aromatic carbocycles. The molecule has 2 fully saturated rings. The number of nitrogens with zero attached hydrogens (tertiary/aromatic N) is 3. The number of nitrogens with one attached hydrogen (secondary N) is 7. The Hall–Kier alpha value is -7.39. The summed E-state index contributed by atoms with van der Waals surface area (Å²) in [7, 11) is 2.11. The Morgan fingerprint density at radius 2 is 1.54 bits per heavy atom. The molecule has 2 saturated heterocycles. The summed E-state index contributed by atoms with van der Waals surface area (Å²) in [6.07, 6.45) is 2.53. The SMILES string of the molecule is NC(N)=NCCC[C@H](NC(=O)[C@@H](N)CC(=O)O)C(=O)N[C@H]1CSSC[C@H](C(=O)N[C@@H](Cc2cnc[nH]2)C(=O)N2CCC[C@H]2C(=O)N[C@@H](Cc2ccccc2)C(=O)O)NC(=O)[C@H](Cc2ccc(O)cc2)NC1=O. The van der Waals surface area contributed by atoms with E-state index in [-0.39, 0.29) is 74.8 Å². The second kappa shape index (κ2) is 27.3. The predicted molar refractivity (Wildman–Crippen MR) is 263 cm³/mol. The minimum Gasteiger partial charge on any atom is -0.508 e. The van der Waals surface area contributed by atoms with E-state index in [1.807, 2.05) is 0 Å². The smallest absolute Gasteiger partial charge is 0.326 e. The van der Waals surface area contributed by atoms with Crippen molar-refractivity contribution in [2.24, 2.45) is 22.2 Å². The highest BCUT2D eigenvalue weighted by atomic mass is 33.1. The number of hydrogen-bond donors (Lipinski definition) is 13. The Balaban J connectivity index is 1.36. The van der Waals surface area contributed by atoms with Crippen LogP contribution in [0.15, 0.2) is 72.1 Å². The summed E-state index contributed by atoms with van der Waals surface area (Å²) in [5.41, 5.74) is 18.2. The number of aliphatic carboxylic acids is 2. The number of hydrogen-bond acceptors (Lipinski definition) is 15. The lowest BCUT2D eigenvalue weighted by Gasteiger charge is -2.30. The zero-order valence-corrected chi connectivity index (χ0v) is 40.5. The third-order valence-corrected chi connectivity index (χ3v) is 13.9. The molecule has 72 heavy (non-hydrogen) atoms. The molecule has 0 radical (unpaired) electrons. The lowest BCUT2D eigenvalue weighted by Crippen LogP contribution is -2.61. The molecule has 2 aliphatic rings. The van der Waals surface area contributed by atoms with Gasteiger partial charge in [-0.15, -0.1) is 0 Å². The molecule has 0 spiro atoms. The van der Waals surface area contributed by atoms with Crippen molar-refractivity contribution >= 4 is 80.8 Å². The zero-order chi connectivity index (χ0) is 52.3. The van der Waals surface area contributed by atoms with E-state index >= 15 is 0 Å². The first-order chi connectivity index (χ1) is 34.4. The highest BCUT2D eigenvalue weighted by molar-refractivity contribution is 8.76. The summed E-state index contributed by atoms with van der Waals surface area (Å²) < 4.78 is 0. The lowest BCUT2D eigenvalue weighted by atomic mass is 10.0. The molecule has 16 N–H and O–H groups in total. The van der Waals surface area contributed by atoms with Crippen LogP contribution < -0.4 is 49.1 Å². The van der Waals surface area contributed by atoms with Gasteiger partial charge in [0.2, 0.25) is 41.4 Å². The van der Waals surface area contributed by atoms with Crippen molar-refractivity contribution in [1.82, 2.24) is 46.8 Å². The average Bonchev–Trinajstić information content (AvgIpc) is 4.05. The first-order valence-electron chi connectivity index (χ1n) is 22.8. The number of guanidine groups is 1. The Bertz CT molecular complexity index is 2410. The summed E-state index contributed by atoms with van der Waals surface area (Å²) in [5.74, 6) is -8.77. The topological polar surface area (TPSA) is 409 Å². The fraction of sp³-hybridized carbons (Fsp3) is 0.444. The zero-order valence-electron chi connectivity index (χ0n) is 38.9. The van der Waals surface area contributed by atoms with Crippen molar-refractivity contribution in [3.63, 3.8) is 0 Å². The number of rotatable bonds is 22. The molecule has 1 aromatic heterocycles. The third kappa shape index (κ3) is 17.2. The van der Waals surface area contributed by atoms with Gasteiger partial charge in [-0.1, -0.05) is 64.1 Å². The average molecular weight is 1040 g/mol. The van der Waals surface area contributed by atoms with Crippen LogP contribution in [-0.4, -0.2) is 162 Å². The van der Waals surface area contributed by atoms with Crippen LogP contribution in [0, 0.1) is 0 Å². The van der Waals surface area contributed by atoms with Crippen molar-refractivity contribution in [3.8, 4) is 5.75 Å². The van der Waals surface area contributed by atoms with Gasteiger partial charge in [0.25, 0.3) is 0 Å². The number of amides is 7. The Morgan fingerprint density at radius 3 is 2.21 bits per heavy atom. The standard InChI is InChI=1S/C45H59N13O12S2/c46-28(19-36(60)61)37(62)52-29(8-4-14-50-45(47)48)38(63)56-33-21-71-72-22-34(57-39(64)30(53-40(33)65)16-25-10-12-27(59)13-11-25)41(66)54-31(18-26-20-49-23-51-26)43(68)58-15-5-9-35(58)42(67)55-32(44(69)70)17-24-6-2-1-3-7-24/h1-3,6-7,10-13,20,23,28-35,59H,4-5,8-9,14-19,21-22,46H2,(H,49,51)(H,52,62)(H,53,65)(H,54,66)(H,55,67)(H,56,63)(H,57,64)(H,60,61)(H,69,70)(H4,47,48,50)/t28-,29-,30-,31-,32-,33-,34+,35-/m0/s1. The van der Waals surface area contributed by atoms with Gasteiger partial charge in [0.1, 0.15) is 48.0 Å². The number of carbonyl (C=O) groups is 9. The number of imidazole rings is 1. The predicted octanol–water partition coefficient (Wildman–Crippen LogP) is -2.62. The summed E-state index contributed by atoms with van der Waals surface area (Å²) in [6, 6.07) is 3.87. The number of aromatic amines is 1. The molecular weight excluding hydrogens is 979 g/mol. The van der Waals surface area contributed by atoms with Crippen LogP contribution in [0.1, 0.15) is 48.9 Å². The normalized spacial score (nSPS) is 19.9. The van der Waals surface area contributed by atoms with Crippen molar-refractivity contribution in [2.75, 3.05) is 24.6 Å². The largest absolute Gasteiger partial charge is 0.508 e. The van der Waals surface area contributed by atoms with E-state index < -0.39 is 108 Å². The number of benzene rings is 2. The van der Waals surface area contributed by atoms with Crippen molar-refractivity contribution in [1.29, 1.82) is 0 Å². The van der Waals surface area contributed by atoms with E-state index in [9.17, 15) is 53.4 Å². The van der Waals surface area contributed by atoms with Gasteiger partial charge in [-0.25, -0.2) is 9.78 Å². The number of aromatic hydroxyl groups is 1. The maximum atomic E-state index is 14.5. The monoisotopic (exact) mass is 1040 g/mol. The van der Waals surface area contributed by atoms with Crippen LogP contribution in [-0.2, 0) is 62.4 Å². The number of carbonyl (C=O) groups excluding carboxylic acids is 7. The highest BCUT2D eigenvalue weighted by Gasteiger charge is 2.40. The first kappa shape index (κ1) is 55.5. The van der Waals surface area contributed by atoms with Gasteiger partial charge in [0, 0.05) is 55.7 Å². The van der Waals surface area contributed by atoms with Gasteiger partial charge in [0.05, 0.1) is 18.8 Å². The number of carboxylic acids is 2. The van der Waals surface area contributed by atoms with Crippen molar-refractivity contribution in [3.05, 3.63) is 83.9 Å². The van der Waals surface area contributed by atoms with Gasteiger partial charge >= 0.3 is 11.9 Å². The minimum atomic E-state index is -1.51. The fourth-order valence-corrected chi connectivity index (χ4v) is 10.1. The fourth-order valence-electron chi connectivity index (χ4n) is 7.73. The molecule has 7 amide bonds. The van der Waals surface area contributed by atoms with Crippen LogP contribution in [0.2, 0.25) is 0 Å².